The van der Waals surface area contributed by atoms with Crippen LogP contribution in [0.3, 0.4) is 0 Å². The largest absolute Gasteiger partial charge is 0.349 e. The van der Waals surface area contributed by atoms with Crippen molar-refractivity contribution in [2.75, 3.05) is 6.54 Å². The van der Waals surface area contributed by atoms with Gasteiger partial charge in [0.1, 0.15) is 5.82 Å². The third-order valence-corrected chi connectivity index (χ3v) is 2.75. The van der Waals surface area contributed by atoms with Crippen LogP contribution >= 0.6 is 0 Å². The number of carbonyl (C=O) groups excluding carboxylic acids is 1. The smallest absolute Gasteiger partial charge is 0.254 e. The summed E-state index contributed by atoms with van der Waals surface area (Å²) < 4.78 is 13.9. The Hall–Kier alpha value is -1.86. The molecule has 1 unspecified atom stereocenters. The summed E-state index contributed by atoms with van der Waals surface area (Å²) >= 11 is 0. The number of carbonyl (C=O) groups is 1. The minimum atomic E-state index is -0.567. The van der Waals surface area contributed by atoms with Crippen LogP contribution in [0, 0.1) is 23.6 Å². The van der Waals surface area contributed by atoms with Gasteiger partial charge in [-0.1, -0.05) is 25.7 Å². The molecule has 0 aliphatic heterocycles. The zero-order valence-corrected chi connectivity index (χ0v) is 12.2. The highest BCUT2D eigenvalue weighted by molar-refractivity contribution is 5.94. The van der Waals surface area contributed by atoms with E-state index in [1.165, 1.54) is 12.1 Å². The van der Waals surface area contributed by atoms with E-state index in [4.69, 9.17) is 5.73 Å². The molecule has 0 aliphatic rings. The van der Waals surface area contributed by atoms with Gasteiger partial charge in [0, 0.05) is 11.6 Å². The Morgan fingerprint density at radius 1 is 1.40 bits per heavy atom. The number of rotatable bonds is 4. The van der Waals surface area contributed by atoms with Gasteiger partial charge in [0.2, 0.25) is 0 Å². The van der Waals surface area contributed by atoms with Gasteiger partial charge < -0.3 is 11.1 Å². The number of hydrogen-bond acceptors (Lipinski definition) is 2. The van der Waals surface area contributed by atoms with Crippen molar-refractivity contribution in [1.29, 1.82) is 0 Å². The van der Waals surface area contributed by atoms with E-state index in [2.05, 4.69) is 31.0 Å². The predicted octanol–water partition coefficient (Wildman–Crippen LogP) is 2.30. The molecule has 0 radical (unpaired) electrons. The standard InChI is InChI=1S/C16H21FN2O/c1-11(2)9-12(3)19-16(20)14-7-6-13(5-4-8-18)10-15(14)17/h6-7,10-12H,8-9,18H2,1-3H3,(H,19,20). The molecule has 4 heteroatoms. The van der Waals surface area contributed by atoms with Crippen LogP contribution in [-0.4, -0.2) is 18.5 Å². The highest BCUT2D eigenvalue weighted by atomic mass is 19.1. The second-order valence-corrected chi connectivity index (χ2v) is 5.20. The number of hydrogen-bond donors (Lipinski definition) is 2. The first-order chi connectivity index (χ1) is 9.43. The quantitative estimate of drug-likeness (QED) is 0.829. The number of nitrogens with two attached hydrogens (primary N) is 1. The van der Waals surface area contributed by atoms with Gasteiger partial charge in [-0.3, -0.25) is 4.79 Å². The van der Waals surface area contributed by atoms with Gasteiger partial charge in [-0.2, -0.15) is 0 Å². The maximum atomic E-state index is 13.9. The highest BCUT2D eigenvalue weighted by Crippen LogP contribution is 2.11. The Morgan fingerprint density at radius 3 is 2.65 bits per heavy atom. The summed E-state index contributed by atoms with van der Waals surface area (Å²) in [6.07, 6.45) is 0.855. The molecule has 1 atom stereocenters. The number of nitrogens with one attached hydrogen (secondary N) is 1. The molecule has 0 saturated carbocycles. The van der Waals surface area contributed by atoms with E-state index < -0.39 is 11.7 Å². The van der Waals surface area contributed by atoms with Gasteiger partial charge in [0.05, 0.1) is 12.1 Å². The Labute approximate surface area is 119 Å². The highest BCUT2D eigenvalue weighted by Gasteiger charge is 2.14. The summed E-state index contributed by atoms with van der Waals surface area (Å²) in [6, 6.07) is 4.34. The van der Waals surface area contributed by atoms with Crippen LogP contribution in [0.4, 0.5) is 4.39 Å². The van der Waals surface area contributed by atoms with E-state index in [1.54, 1.807) is 6.07 Å². The van der Waals surface area contributed by atoms with Crippen molar-refractivity contribution in [3.8, 4) is 11.8 Å². The molecular formula is C16H21FN2O. The van der Waals surface area contributed by atoms with Crippen molar-refractivity contribution in [1.82, 2.24) is 5.32 Å². The molecule has 1 aromatic carbocycles. The molecule has 0 aromatic heterocycles. The van der Waals surface area contributed by atoms with Crippen LogP contribution in [0.5, 0.6) is 0 Å². The molecule has 0 heterocycles. The number of halogens is 1. The summed E-state index contributed by atoms with van der Waals surface area (Å²) in [5.41, 5.74) is 5.81. The second kappa shape index (κ2) is 7.66. The van der Waals surface area contributed by atoms with Crippen molar-refractivity contribution in [2.24, 2.45) is 11.7 Å². The maximum Gasteiger partial charge on any atom is 0.254 e. The molecule has 3 N–H and O–H groups in total. The summed E-state index contributed by atoms with van der Waals surface area (Å²) in [4.78, 5) is 12.0. The van der Waals surface area contributed by atoms with Crippen molar-refractivity contribution in [3.63, 3.8) is 0 Å². The monoisotopic (exact) mass is 276 g/mol. The fraction of sp³-hybridized carbons (Fsp3) is 0.438. The molecule has 1 amide bonds. The summed E-state index contributed by atoms with van der Waals surface area (Å²) in [5, 5.41) is 2.80. The average Bonchev–Trinajstić information content (AvgIpc) is 2.35. The first-order valence-corrected chi connectivity index (χ1v) is 6.73. The molecule has 1 rings (SSSR count). The Morgan fingerprint density at radius 2 is 2.10 bits per heavy atom. The fourth-order valence-electron chi connectivity index (χ4n) is 2.00. The summed E-state index contributed by atoms with van der Waals surface area (Å²) in [7, 11) is 0. The third-order valence-electron chi connectivity index (χ3n) is 2.75. The zero-order chi connectivity index (χ0) is 15.1. The van der Waals surface area contributed by atoms with E-state index in [0.29, 0.717) is 11.5 Å². The van der Waals surface area contributed by atoms with E-state index in [0.717, 1.165) is 6.42 Å². The van der Waals surface area contributed by atoms with Crippen LogP contribution in [0.2, 0.25) is 0 Å². The molecule has 108 valence electrons. The molecular weight excluding hydrogens is 255 g/mol. The van der Waals surface area contributed by atoms with Crippen molar-refractivity contribution in [2.45, 2.75) is 33.2 Å². The lowest BCUT2D eigenvalue weighted by atomic mass is 10.0. The van der Waals surface area contributed by atoms with Crippen LogP contribution in [0.25, 0.3) is 0 Å². The van der Waals surface area contributed by atoms with Crippen molar-refractivity contribution >= 4 is 5.91 Å². The van der Waals surface area contributed by atoms with Gasteiger partial charge in [0.25, 0.3) is 5.91 Å². The lowest BCUT2D eigenvalue weighted by molar-refractivity contribution is 0.0932. The zero-order valence-electron chi connectivity index (χ0n) is 12.2. The van der Waals surface area contributed by atoms with Gasteiger partial charge in [0.15, 0.2) is 0 Å². The molecule has 20 heavy (non-hydrogen) atoms. The number of amides is 1. The number of benzene rings is 1. The van der Waals surface area contributed by atoms with Crippen LogP contribution < -0.4 is 11.1 Å². The Balaban J connectivity index is 2.79. The second-order valence-electron chi connectivity index (χ2n) is 5.20. The van der Waals surface area contributed by atoms with Crippen molar-refractivity contribution in [3.05, 3.63) is 35.1 Å². The van der Waals surface area contributed by atoms with Crippen LogP contribution in [0.1, 0.15) is 43.1 Å². The molecule has 0 fully saturated rings. The van der Waals surface area contributed by atoms with E-state index in [-0.39, 0.29) is 18.2 Å². The Bertz CT molecular complexity index is 529. The third kappa shape index (κ3) is 5.02. The molecule has 0 bridgehead atoms. The van der Waals surface area contributed by atoms with Crippen molar-refractivity contribution < 1.29 is 9.18 Å². The lowest BCUT2D eigenvalue weighted by Gasteiger charge is -2.16. The maximum absolute atomic E-state index is 13.9. The molecule has 3 nitrogen and oxygen atoms in total. The normalized spacial score (nSPS) is 11.7. The van der Waals surface area contributed by atoms with Gasteiger partial charge in [-0.05, 0) is 37.5 Å². The molecule has 1 aromatic rings. The van der Waals surface area contributed by atoms with Crippen LogP contribution in [0.15, 0.2) is 18.2 Å². The summed E-state index contributed by atoms with van der Waals surface area (Å²) in [5.74, 6) is 4.89. The predicted molar refractivity (Wildman–Crippen MR) is 78.7 cm³/mol. The van der Waals surface area contributed by atoms with Gasteiger partial charge in [-0.15, -0.1) is 0 Å². The SMILES string of the molecule is CC(C)CC(C)NC(=O)c1ccc(C#CCN)cc1F. The van der Waals surface area contributed by atoms with E-state index in [9.17, 15) is 9.18 Å². The Kier molecular flexibility index (Phi) is 6.20. The topological polar surface area (TPSA) is 55.1 Å². The first-order valence-electron chi connectivity index (χ1n) is 6.73. The minimum absolute atomic E-state index is 0.0126. The average molecular weight is 276 g/mol. The van der Waals surface area contributed by atoms with E-state index in [1.807, 2.05) is 6.92 Å². The molecule has 0 spiro atoms. The molecule has 0 aliphatic carbocycles. The fourth-order valence-corrected chi connectivity index (χ4v) is 2.00. The van der Waals surface area contributed by atoms with Gasteiger partial charge in [-0.25, -0.2) is 4.39 Å². The van der Waals surface area contributed by atoms with Crippen LogP contribution in [-0.2, 0) is 0 Å². The van der Waals surface area contributed by atoms with Gasteiger partial charge >= 0.3 is 0 Å². The lowest BCUT2D eigenvalue weighted by Crippen LogP contribution is -2.34. The summed E-state index contributed by atoms with van der Waals surface area (Å²) in [6.45, 7) is 6.29. The van der Waals surface area contributed by atoms with E-state index >= 15 is 0 Å². The first kappa shape index (κ1) is 16.2. The molecule has 0 saturated heterocycles. The minimum Gasteiger partial charge on any atom is -0.349 e.